The SMILES string of the molecule is O=C(OCCc1ccccc1)c1ccccc1I. The van der Waals surface area contributed by atoms with Crippen molar-refractivity contribution in [3.05, 3.63) is 69.3 Å². The van der Waals surface area contributed by atoms with Gasteiger partial charge < -0.3 is 4.74 Å². The van der Waals surface area contributed by atoms with E-state index in [0.29, 0.717) is 12.2 Å². The molecule has 2 aromatic rings. The lowest BCUT2D eigenvalue weighted by Crippen LogP contribution is -2.09. The van der Waals surface area contributed by atoms with Crippen LogP contribution in [0.5, 0.6) is 0 Å². The number of ether oxygens (including phenoxy) is 1. The molecule has 2 nitrogen and oxygen atoms in total. The molecule has 2 rings (SSSR count). The topological polar surface area (TPSA) is 26.3 Å². The first-order chi connectivity index (χ1) is 8.77. The Morgan fingerprint density at radius 3 is 2.39 bits per heavy atom. The van der Waals surface area contributed by atoms with Crippen molar-refractivity contribution in [2.24, 2.45) is 0 Å². The van der Waals surface area contributed by atoms with Gasteiger partial charge in [-0.3, -0.25) is 0 Å². The number of benzene rings is 2. The quantitative estimate of drug-likeness (QED) is 0.620. The summed E-state index contributed by atoms with van der Waals surface area (Å²) in [4.78, 5) is 11.8. The lowest BCUT2D eigenvalue weighted by molar-refractivity contribution is 0.0508. The molecule has 0 aliphatic carbocycles. The van der Waals surface area contributed by atoms with E-state index in [0.717, 1.165) is 9.99 Å². The van der Waals surface area contributed by atoms with Gasteiger partial charge in [0.1, 0.15) is 0 Å². The third-order valence-corrected chi connectivity index (χ3v) is 3.50. The van der Waals surface area contributed by atoms with Crippen LogP contribution < -0.4 is 0 Å². The van der Waals surface area contributed by atoms with Gasteiger partial charge in [0.15, 0.2) is 0 Å². The zero-order chi connectivity index (χ0) is 12.8. The molecule has 2 aromatic carbocycles. The van der Waals surface area contributed by atoms with Crippen molar-refractivity contribution in [1.82, 2.24) is 0 Å². The summed E-state index contributed by atoms with van der Waals surface area (Å²) in [5.74, 6) is -0.254. The van der Waals surface area contributed by atoms with Gasteiger partial charge in [-0.2, -0.15) is 0 Å². The van der Waals surface area contributed by atoms with E-state index in [1.165, 1.54) is 5.56 Å². The molecule has 0 heterocycles. The van der Waals surface area contributed by atoms with E-state index in [1.54, 1.807) is 6.07 Å². The predicted octanol–water partition coefficient (Wildman–Crippen LogP) is 3.69. The minimum absolute atomic E-state index is 0.254. The van der Waals surface area contributed by atoms with Crippen LogP contribution in [-0.2, 0) is 11.2 Å². The van der Waals surface area contributed by atoms with Crippen molar-refractivity contribution in [3.8, 4) is 0 Å². The van der Waals surface area contributed by atoms with Crippen molar-refractivity contribution in [3.63, 3.8) is 0 Å². The molecule has 0 unspecified atom stereocenters. The fourth-order valence-electron chi connectivity index (χ4n) is 1.61. The van der Waals surface area contributed by atoms with E-state index in [2.05, 4.69) is 22.6 Å². The molecular weight excluding hydrogens is 339 g/mol. The summed E-state index contributed by atoms with van der Waals surface area (Å²) in [6.07, 6.45) is 0.746. The zero-order valence-electron chi connectivity index (χ0n) is 9.80. The Hall–Kier alpha value is -1.36. The number of esters is 1. The van der Waals surface area contributed by atoms with Crippen molar-refractivity contribution in [1.29, 1.82) is 0 Å². The molecule has 0 bridgehead atoms. The summed E-state index contributed by atoms with van der Waals surface area (Å²) in [6.45, 7) is 0.411. The maximum Gasteiger partial charge on any atom is 0.339 e. The van der Waals surface area contributed by atoms with Gasteiger partial charge in [0, 0.05) is 9.99 Å². The minimum atomic E-state index is -0.254. The molecule has 0 saturated carbocycles. The Labute approximate surface area is 120 Å². The Balaban J connectivity index is 1.88. The van der Waals surface area contributed by atoms with Crippen LogP contribution in [0.25, 0.3) is 0 Å². The predicted molar refractivity (Wildman–Crippen MR) is 79.6 cm³/mol. The fraction of sp³-hybridized carbons (Fsp3) is 0.133. The first kappa shape index (κ1) is 13.1. The van der Waals surface area contributed by atoms with Crippen LogP contribution in [0, 0.1) is 3.57 Å². The average Bonchev–Trinajstić information content (AvgIpc) is 2.40. The highest BCUT2D eigenvalue weighted by atomic mass is 127. The van der Waals surface area contributed by atoms with E-state index in [-0.39, 0.29) is 5.97 Å². The lowest BCUT2D eigenvalue weighted by Gasteiger charge is -2.06. The highest BCUT2D eigenvalue weighted by Gasteiger charge is 2.09. The van der Waals surface area contributed by atoms with E-state index >= 15 is 0 Å². The monoisotopic (exact) mass is 352 g/mol. The Bertz CT molecular complexity index is 523. The molecule has 0 aliphatic heterocycles. The normalized spacial score (nSPS) is 10.1. The van der Waals surface area contributed by atoms with Crippen LogP contribution in [0.3, 0.4) is 0 Å². The summed E-state index contributed by atoms with van der Waals surface area (Å²) < 4.78 is 6.19. The number of hydrogen-bond acceptors (Lipinski definition) is 2. The smallest absolute Gasteiger partial charge is 0.339 e. The number of rotatable bonds is 4. The van der Waals surface area contributed by atoms with Gasteiger partial charge >= 0.3 is 5.97 Å². The molecule has 0 radical (unpaired) electrons. The standard InChI is InChI=1S/C15H13IO2/c16-14-9-5-4-8-13(14)15(17)18-11-10-12-6-2-1-3-7-12/h1-9H,10-11H2. The van der Waals surface area contributed by atoms with Crippen LogP contribution in [0.4, 0.5) is 0 Å². The first-order valence-electron chi connectivity index (χ1n) is 5.73. The van der Waals surface area contributed by atoms with Crippen molar-refractivity contribution < 1.29 is 9.53 Å². The second-order valence-electron chi connectivity index (χ2n) is 3.85. The van der Waals surface area contributed by atoms with Gasteiger partial charge in [0.25, 0.3) is 0 Å². The van der Waals surface area contributed by atoms with E-state index in [9.17, 15) is 4.79 Å². The maximum atomic E-state index is 11.8. The van der Waals surface area contributed by atoms with E-state index < -0.39 is 0 Å². The Kier molecular flexibility index (Phi) is 4.75. The maximum absolute atomic E-state index is 11.8. The summed E-state index contributed by atoms with van der Waals surface area (Å²) in [6, 6.07) is 17.4. The van der Waals surface area contributed by atoms with Crippen LogP contribution in [0.15, 0.2) is 54.6 Å². The van der Waals surface area contributed by atoms with Gasteiger partial charge in [-0.05, 0) is 40.3 Å². The lowest BCUT2D eigenvalue weighted by atomic mass is 10.2. The van der Waals surface area contributed by atoms with Crippen LogP contribution in [-0.4, -0.2) is 12.6 Å². The van der Waals surface area contributed by atoms with Gasteiger partial charge in [0.05, 0.1) is 12.2 Å². The molecule has 0 atom stereocenters. The molecule has 0 N–H and O–H groups in total. The second kappa shape index (κ2) is 6.54. The van der Waals surface area contributed by atoms with E-state index in [1.807, 2.05) is 48.5 Å². The van der Waals surface area contributed by atoms with Crippen molar-refractivity contribution in [2.45, 2.75) is 6.42 Å². The van der Waals surface area contributed by atoms with Gasteiger partial charge in [-0.15, -0.1) is 0 Å². The second-order valence-corrected chi connectivity index (χ2v) is 5.01. The zero-order valence-corrected chi connectivity index (χ0v) is 12.0. The minimum Gasteiger partial charge on any atom is -0.462 e. The van der Waals surface area contributed by atoms with E-state index in [4.69, 9.17) is 4.74 Å². The third-order valence-electron chi connectivity index (χ3n) is 2.56. The van der Waals surface area contributed by atoms with Gasteiger partial charge in [-0.1, -0.05) is 42.5 Å². The summed E-state index contributed by atoms with van der Waals surface area (Å²) in [5, 5.41) is 0. The van der Waals surface area contributed by atoms with Crippen LogP contribution >= 0.6 is 22.6 Å². The van der Waals surface area contributed by atoms with Crippen LogP contribution in [0.2, 0.25) is 0 Å². The Morgan fingerprint density at radius 1 is 1.00 bits per heavy atom. The first-order valence-corrected chi connectivity index (χ1v) is 6.81. The number of hydrogen-bond donors (Lipinski definition) is 0. The number of halogens is 1. The molecular formula is C15H13IO2. The molecule has 0 spiro atoms. The number of carbonyl (C=O) groups excluding carboxylic acids is 1. The molecule has 0 aromatic heterocycles. The van der Waals surface area contributed by atoms with Crippen molar-refractivity contribution in [2.75, 3.05) is 6.61 Å². The van der Waals surface area contributed by atoms with Crippen LogP contribution in [0.1, 0.15) is 15.9 Å². The summed E-state index contributed by atoms with van der Waals surface area (Å²) in [5.41, 5.74) is 1.80. The molecule has 0 saturated heterocycles. The molecule has 0 amide bonds. The molecule has 0 aliphatic rings. The molecule has 3 heteroatoms. The highest BCUT2D eigenvalue weighted by Crippen LogP contribution is 2.12. The third kappa shape index (κ3) is 3.57. The average molecular weight is 352 g/mol. The molecule has 92 valence electrons. The summed E-state index contributed by atoms with van der Waals surface area (Å²) in [7, 11) is 0. The van der Waals surface area contributed by atoms with Crippen molar-refractivity contribution >= 4 is 28.6 Å². The fourth-order valence-corrected chi connectivity index (χ4v) is 2.22. The Morgan fingerprint density at radius 2 is 1.67 bits per heavy atom. The van der Waals surface area contributed by atoms with Gasteiger partial charge in [-0.25, -0.2) is 4.79 Å². The largest absolute Gasteiger partial charge is 0.462 e. The molecule has 0 fully saturated rings. The summed E-state index contributed by atoms with van der Waals surface area (Å²) >= 11 is 2.14. The molecule has 18 heavy (non-hydrogen) atoms. The van der Waals surface area contributed by atoms with Gasteiger partial charge in [0.2, 0.25) is 0 Å². The highest BCUT2D eigenvalue weighted by molar-refractivity contribution is 14.1. The number of carbonyl (C=O) groups is 1.